The predicted molar refractivity (Wildman–Crippen MR) is 74.6 cm³/mol. The van der Waals surface area contributed by atoms with E-state index >= 15 is 0 Å². The van der Waals surface area contributed by atoms with Crippen LogP contribution in [0.15, 0.2) is 24.3 Å². The minimum absolute atomic E-state index is 0.355. The Bertz CT molecular complexity index is 618. The van der Waals surface area contributed by atoms with E-state index in [0.29, 0.717) is 11.5 Å². The van der Waals surface area contributed by atoms with Crippen molar-refractivity contribution in [1.82, 2.24) is 5.32 Å². The molecule has 5 nitrogen and oxygen atoms in total. The Morgan fingerprint density at radius 2 is 1.48 bits per heavy atom. The molecule has 21 heavy (non-hydrogen) atoms. The second kappa shape index (κ2) is 5.76. The average molecular weight is 281 g/mol. The molecular formula is C16H15N3O2. The van der Waals surface area contributed by atoms with Crippen LogP contribution in [0.5, 0.6) is 0 Å². The summed E-state index contributed by atoms with van der Waals surface area (Å²) in [5.41, 5.74) is 1.79. The number of carbonyl (C=O) groups is 2. The molecular weight excluding hydrogens is 266 g/mol. The van der Waals surface area contributed by atoms with E-state index < -0.39 is 29.6 Å². The first kappa shape index (κ1) is 14.7. The van der Waals surface area contributed by atoms with Gasteiger partial charge in [-0.3, -0.25) is 14.9 Å². The monoisotopic (exact) mass is 281 g/mol. The smallest absolute Gasteiger partial charge is 0.244 e. The van der Waals surface area contributed by atoms with Gasteiger partial charge in [0.2, 0.25) is 11.8 Å². The Hall–Kier alpha value is -2.66. The van der Waals surface area contributed by atoms with E-state index in [1.807, 2.05) is 24.3 Å². The van der Waals surface area contributed by atoms with Gasteiger partial charge in [0, 0.05) is 5.92 Å². The Labute approximate surface area is 123 Å². The summed E-state index contributed by atoms with van der Waals surface area (Å²) in [5, 5.41) is 20.5. The molecule has 1 aromatic carbocycles. The van der Waals surface area contributed by atoms with Crippen LogP contribution in [-0.2, 0) is 9.59 Å². The number of nitrogens with one attached hydrogen (secondary N) is 1. The van der Waals surface area contributed by atoms with Crippen LogP contribution in [0.4, 0.5) is 0 Å². The molecule has 5 heteroatoms. The number of nitrogens with zero attached hydrogens (tertiary/aromatic N) is 2. The highest BCUT2D eigenvalue weighted by Gasteiger charge is 2.45. The minimum atomic E-state index is -1.03. The normalized spacial score (nSPS) is 25.1. The second-order valence-corrected chi connectivity index (χ2v) is 5.41. The summed E-state index contributed by atoms with van der Waals surface area (Å²) < 4.78 is 0. The van der Waals surface area contributed by atoms with Crippen molar-refractivity contribution >= 4 is 11.8 Å². The summed E-state index contributed by atoms with van der Waals surface area (Å²) in [4.78, 5) is 23.6. The zero-order valence-electron chi connectivity index (χ0n) is 11.8. The molecule has 0 radical (unpaired) electrons. The van der Waals surface area contributed by atoms with E-state index in [1.54, 1.807) is 12.1 Å². The molecule has 1 N–H and O–H groups in total. The first-order valence-corrected chi connectivity index (χ1v) is 6.73. The third-order valence-electron chi connectivity index (χ3n) is 3.80. The van der Waals surface area contributed by atoms with Gasteiger partial charge in [-0.1, -0.05) is 38.1 Å². The highest BCUT2D eigenvalue weighted by atomic mass is 16.2. The van der Waals surface area contributed by atoms with Gasteiger partial charge in [-0.05, 0) is 17.0 Å². The molecule has 0 bridgehead atoms. The van der Waals surface area contributed by atoms with Crippen molar-refractivity contribution in [2.24, 2.45) is 11.8 Å². The SMILES string of the molecule is CC(C)c1ccc(C2C(C#N)C(=O)NC(=O)C2C#N)cc1. The molecule has 2 rings (SSSR count). The van der Waals surface area contributed by atoms with E-state index in [2.05, 4.69) is 19.2 Å². The number of amides is 2. The Morgan fingerprint density at radius 1 is 1.00 bits per heavy atom. The number of hydrogen-bond donors (Lipinski definition) is 1. The van der Waals surface area contributed by atoms with Crippen molar-refractivity contribution in [3.63, 3.8) is 0 Å². The maximum Gasteiger partial charge on any atom is 0.244 e. The highest BCUT2D eigenvalue weighted by Crippen LogP contribution is 2.35. The molecule has 1 fully saturated rings. The zero-order valence-corrected chi connectivity index (χ0v) is 11.8. The van der Waals surface area contributed by atoms with Crippen molar-refractivity contribution in [2.75, 3.05) is 0 Å². The topological polar surface area (TPSA) is 93.8 Å². The van der Waals surface area contributed by atoms with Gasteiger partial charge in [-0.25, -0.2) is 0 Å². The van der Waals surface area contributed by atoms with Gasteiger partial charge < -0.3 is 0 Å². The molecule has 2 amide bonds. The minimum Gasteiger partial charge on any atom is -0.294 e. The number of hydrogen-bond acceptors (Lipinski definition) is 4. The third kappa shape index (κ3) is 2.64. The average Bonchev–Trinajstić information content (AvgIpc) is 2.46. The maximum absolute atomic E-state index is 11.8. The van der Waals surface area contributed by atoms with Crippen LogP contribution in [0.2, 0.25) is 0 Å². The Morgan fingerprint density at radius 3 is 1.86 bits per heavy atom. The number of nitriles is 2. The van der Waals surface area contributed by atoms with Crippen molar-refractivity contribution in [2.45, 2.75) is 25.7 Å². The van der Waals surface area contributed by atoms with Gasteiger partial charge in [0.1, 0.15) is 11.8 Å². The summed E-state index contributed by atoms with van der Waals surface area (Å²) in [6.45, 7) is 4.12. The van der Waals surface area contributed by atoms with Crippen LogP contribution in [0.1, 0.15) is 36.8 Å². The van der Waals surface area contributed by atoms with Crippen LogP contribution >= 0.6 is 0 Å². The lowest BCUT2D eigenvalue weighted by atomic mass is 9.74. The summed E-state index contributed by atoms with van der Waals surface area (Å²) in [7, 11) is 0. The Balaban J connectivity index is 2.45. The molecule has 2 unspecified atom stereocenters. The highest BCUT2D eigenvalue weighted by molar-refractivity contribution is 6.03. The quantitative estimate of drug-likeness (QED) is 0.837. The van der Waals surface area contributed by atoms with E-state index in [-0.39, 0.29) is 0 Å². The zero-order chi connectivity index (χ0) is 15.6. The lowest BCUT2D eigenvalue weighted by molar-refractivity contribution is -0.137. The summed E-state index contributed by atoms with van der Waals surface area (Å²) in [6.07, 6.45) is 0. The first-order valence-electron chi connectivity index (χ1n) is 6.73. The molecule has 1 aliphatic rings. The van der Waals surface area contributed by atoms with Crippen molar-refractivity contribution in [1.29, 1.82) is 10.5 Å². The molecule has 106 valence electrons. The van der Waals surface area contributed by atoms with E-state index in [0.717, 1.165) is 5.56 Å². The number of piperidine rings is 1. The summed E-state index contributed by atoms with van der Waals surface area (Å²) >= 11 is 0. The molecule has 1 heterocycles. The standard InChI is InChI=1S/C16H15N3O2/c1-9(2)10-3-5-11(6-4-10)14-12(7-17)15(20)19-16(21)13(14)8-18/h3-6,9,12-14H,1-2H3,(H,19,20,21). The van der Waals surface area contributed by atoms with Crippen LogP contribution in [0, 0.1) is 34.5 Å². The van der Waals surface area contributed by atoms with Gasteiger partial charge >= 0.3 is 0 Å². The fourth-order valence-corrected chi connectivity index (χ4v) is 2.56. The number of rotatable bonds is 2. The number of carbonyl (C=O) groups excluding carboxylic acids is 2. The van der Waals surface area contributed by atoms with Gasteiger partial charge in [0.25, 0.3) is 0 Å². The first-order chi connectivity index (χ1) is 9.99. The van der Waals surface area contributed by atoms with Crippen LogP contribution in [0.25, 0.3) is 0 Å². The number of benzene rings is 1. The third-order valence-corrected chi connectivity index (χ3v) is 3.80. The molecule has 0 aliphatic carbocycles. The lowest BCUT2D eigenvalue weighted by Crippen LogP contribution is -2.49. The van der Waals surface area contributed by atoms with Crippen molar-refractivity contribution < 1.29 is 9.59 Å². The maximum atomic E-state index is 11.8. The molecule has 0 spiro atoms. The van der Waals surface area contributed by atoms with Gasteiger partial charge in [-0.15, -0.1) is 0 Å². The van der Waals surface area contributed by atoms with E-state index in [1.165, 1.54) is 0 Å². The number of imide groups is 1. The molecule has 0 saturated carbocycles. The van der Waals surface area contributed by atoms with Gasteiger partial charge in [-0.2, -0.15) is 10.5 Å². The molecule has 1 aliphatic heterocycles. The fraction of sp³-hybridized carbons (Fsp3) is 0.375. The largest absolute Gasteiger partial charge is 0.294 e. The van der Waals surface area contributed by atoms with Gasteiger partial charge in [0.05, 0.1) is 12.1 Å². The molecule has 2 atom stereocenters. The Kier molecular flexibility index (Phi) is 4.05. The fourth-order valence-electron chi connectivity index (χ4n) is 2.56. The molecule has 1 aromatic rings. The van der Waals surface area contributed by atoms with Gasteiger partial charge in [0.15, 0.2) is 0 Å². The summed E-state index contributed by atoms with van der Waals surface area (Å²) in [6, 6.07) is 11.2. The molecule has 1 saturated heterocycles. The van der Waals surface area contributed by atoms with E-state index in [4.69, 9.17) is 0 Å². The van der Waals surface area contributed by atoms with E-state index in [9.17, 15) is 20.1 Å². The summed E-state index contributed by atoms with van der Waals surface area (Å²) in [5.74, 6) is -3.69. The lowest BCUT2D eigenvalue weighted by Gasteiger charge is -2.29. The van der Waals surface area contributed by atoms with Crippen LogP contribution in [-0.4, -0.2) is 11.8 Å². The second-order valence-electron chi connectivity index (χ2n) is 5.41. The van der Waals surface area contributed by atoms with Crippen molar-refractivity contribution in [3.05, 3.63) is 35.4 Å². The van der Waals surface area contributed by atoms with Crippen LogP contribution in [0.3, 0.4) is 0 Å². The van der Waals surface area contributed by atoms with Crippen molar-refractivity contribution in [3.8, 4) is 12.1 Å². The van der Waals surface area contributed by atoms with Crippen LogP contribution < -0.4 is 5.32 Å². The molecule has 0 aromatic heterocycles. The predicted octanol–water partition coefficient (Wildman–Crippen LogP) is 1.83.